The maximum Gasteiger partial charge on any atom is 0.335 e. The van der Waals surface area contributed by atoms with Crippen molar-refractivity contribution in [3.8, 4) is 0 Å². The fourth-order valence-electron chi connectivity index (χ4n) is 1.97. The molecule has 1 heterocycles. The summed E-state index contributed by atoms with van der Waals surface area (Å²) in [4.78, 5) is 11.1. The van der Waals surface area contributed by atoms with Crippen molar-refractivity contribution in [3.63, 3.8) is 0 Å². The fraction of sp³-hybridized carbons (Fsp3) is 0.357. The third kappa shape index (κ3) is 3.09. The number of hydrogen-bond donors (Lipinski definition) is 0. The number of hydrogen-bond acceptors (Lipinski definition) is 3. The van der Waals surface area contributed by atoms with Crippen molar-refractivity contribution in [1.82, 2.24) is 0 Å². The van der Waals surface area contributed by atoms with E-state index in [-0.39, 0.29) is 12.1 Å². The lowest BCUT2D eigenvalue weighted by molar-refractivity contribution is -0.139. The van der Waals surface area contributed by atoms with Crippen molar-refractivity contribution in [1.29, 1.82) is 0 Å². The van der Waals surface area contributed by atoms with Crippen LogP contribution in [-0.2, 0) is 20.7 Å². The molecule has 90 valence electrons. The largest absolute Gasteiger partial charge is 0.497 e. The van der Waals surface area contributed by atoms with E-state index in [4.69, 9.17) is 9.47 Å². The van der Waals surface area contributed by atoms with Crippen LogP contribution >= 0.6 is 0 Å². The van der Waals surface area contributed by atoms with E-state index < -0.39 is 0 Å². The Morgan fingerprint density at radius 1 is 1.29 bits per heavy atom. The Kier molecular flexibility index (Phi) is 3.81. The fourth-order valence-corrected chi connectivity index (χ4v) is 1.97. The van der Waals surface area contributed by atoms with Gasteiger partial charge in [-0.1, -0.05) is 30.3 Å². The van der Waals surface area contributed by atoms with E-state index in [1.54, 1.807) is 7.11 Å². The van der Waals surface area contributed by atoms with Crippen LogP contribution in [0.15, 0.2) is 42.2 Å². The normalized spacial score (nSPS) is 18.8. The second-order valence-electron chi connectivity index (χ2n) is 4.05. The summed E-state index contributed by atoms with van der Waals surface area (Å²) in [7, 11) is 1.57. The average Bonchev–Trinajstić information content (AvgIpc) is 2.71. The Hall–Kier alpha value is -1.77. The maximum atomic E-state index is 11.1. The molecule has 0 radical (unpaired) electrons. The molecular weight excluding hydrogens is 216 g/mol. The van der Waals surface area contributed by atoms with Gasteiger partial charge in [0.05, 0.1) is 13.2 Å². The number of ether oxygens (including phenoxy) is 2. The van der Waals surface area contributed by atoms with Gasteiger partial charge in [0.1, 0.15) is 5.76 Å². The van der Waals surface area contributed by atoms with Gasteiger partial charge < -0.3 is 9.47 Å². The number of aryl methyl sites for hydroxylation is 1. The minimum absolute atomic E-state index is 0.198. The molecule has 1 aliphatic rings. The lowest BCUT2D eigenvalue weighted by Gasteiger charge is -2.12. The Balaban J connectivity index is 1.80. The first-order valence-electron chi connectivity index (χ1n) is 5.79. The molecule has 1 atom stereocenters. The monoisotopic (exact) mass is 232 g/mol. The predicted molar refractivity (Wildman–Crippen MR) is 64.4 cm³/mol. The van der Waals surface area contributed by atoms with Gasteiger partial charge in [-0.25, -0.2) is 4.79 Å². The van der Waals surface area contributed by atoms with Crippen molar-refractivity contribution in [2.24, 2.45) is 0 Å². The van der Waals surface area contributed by atoms with Gasteiger partial charge in [0.25, 0.3) is 0 Å². The molecule has 0 fully saturated rings. The summed E-state index contributed by atoms with van der Waals surface area (Å²) in [5, 5.41) is 0. The van der Waals surface area contributed by atoms with E-state index in [1.807, 2.05) is 18.2 Å². The summed E-state index contributed by atoms with van der Waals surface area (Å²) in [5.41, 5.74) is 1.31. The molecule has 0 amide bonds. The molecule has 1 aliphatic heterocycles. The van der Waals surface area contributed by atoms with E-state index in [9.17, 15) is 4.79 Å². The van der Waals surface area contributed by atoms with Gasteiger partial charge in [0, 0.05) is 0 Å². The maximum absolute atomic E-state index is 11.1. The van der Waals surface area contributed by atoms with Crippen molar-refractivity contribution in [2.45, 2.75) is 25.4 Å². The Morgan fingerprint density at radius 3 is 2.76 bits per heavy atom. The van der Waals surface area contributed by atoms with Crippen LogP contribution in [0.2, 0.25) is 0 Å². The SMILES string of the molecule is COC1=CC(=O)OC1CCCc1ccccc1. The number of methoxy groups -OCH3 is 1. The van der Waals surface area contributed by atoms with Crippen LogP contribution in [0.1, 0.15) is 18.4 Å². The molecule has 0 N–H and O–H groups in total. The second-order valence-corrected chi connectivity index (χ2v) is 4.05. The lowest BCUT2D eigenvalue weighted by Crippen LogP contribution is -2.13. The molecule has 0 saturated carbocycles. The van der Waals surface area contributed by atoms with Gasteiger partial charge in [-0.2, -0.15) is 0 Å². The van der Waals surface area contributed by atoms with Crippen LogP contribution in [0.25, 0.3) is 0 Å². The van der Waals surface area contributed by atoms with Crippen molar-refractivity contribution in [3.05, 3.63) is 47.7 Å². The standard InChI is InChI=1S/C14H16O3/c1-16-13-10-14(15)17-12(13)9-5-8-11-6-3-2-4-7-11/h2-4,6-7,10,12H,5,8-9H2,1H3. The van der Waals surface area contributed by atoms with E-state index in [1.165, 1.54) is 11.6 Å². The highest BCUT2D eigenvalue weighted by Crippen LogP contribution is 2.21. The predicted octanol–water partition coefficient (Wildman–Crippen LogP) is 2.47. The first-order valence-corrected chi connectivity index (χ1v) is 5.79. The zero-order valence-corrected chi connectivity index (χ0v) is 9.89. The van der Waals surface area contributed by atoms with Gasteiger partial charge >= 0.3 is 5.97 Å². The van der Waals surface area contributed by atoms with Gasteiger partial charge in [-0.3, -0.25) is 0 Å². The Bertz CT molecular complexity index is 409. The third-order valence-corrected chi connectivity index (χ3v) is 2.85. The molecule has 1 aromatic rings. The molecule has 0 spiro atoms. The number of cyclic esters (lactones) is 1. The first-order chi connectivity index (χ1) is 8.29. The second kappa shape index (κ2) is 5.53. The van der Waals surface area contributed by atoms with E-state index in [2.05, 4.69) is 12.1 Å². The van der Waals surface area contributed by atoms with E-state index in [0.29, 0.717) is 5.76 Å². The Morgan fingerprint density at radius 2 is 2.06 bits per heavy atom. The average molecular weight is 232 g/mol. The van der Waals surface area contributed by atoms with Crippen LogP contribution in [0.5, 0.6) is 0 Å². The lowest BCUT2D eigenvalue weighted by atomic mass is 10.1. The molecule has 0 aliphatic carbocycles. The zero-order valence-electron chi connectivity index (χ0n) is 9.89. The van der Waals surface area contributed by atoms with Crippen LogP contribution in [0.4, 0.5) is 0 Å². The zero-order chi connectivity index (χ0) is 12.1. The summed E-state index contributed by atoms with van der Waals surface area (Å²) in [6.07, 6.45) is 4.00. The first kappa shape index (κ1) is 11.7. The molecule has 1 aromatic carbocycles. The molecule has 3 heteroatoms. The third-order valence-electron chi connectivity index (χ3n) is 2.85. The smallest absolute Gasteiger partial charge is 0.335 e. The molecule has 3 nitrogen and oxygen atoms in total. The van der Waals surface area contributed by atoms with Crippen molar-refractivity contribution in [2.75, 3.05) is 7.11 Å². The highest BCUT2D eigenvalue weighted by Gasteiger charge is 2.26. The molecular formula is C14H16O3. The summed E-state index contributed by atoms with van der Waals surface area (Å²) < 4.78 is 10.3. The highest BCUT2D eigenvalue weighted by atomic mass is 16.6. The molecule has 17 heavy (non-hydrogen) atoms. The summed E-state index contributed by atoms with van der Waals surface area (Å²) in [5.74, 6) is 0.342. The number of benzene rings is 1. The van der Waals surface area contributed by atoms with Gasteiger partial charge in [0.2, 0.25) is 0 Å². The molecule has 2 rings (SSSR count). The van der Waals surface area contributed by atoms with Gasteiger partial charge in [-0.15, -0.1) is 0 Å². The number of rotatable bonds is 5. The van der Waals surface area contributed by atoms with Crippen LogP contribution in [-0.4, -0.2) is 19.2 Å². The molecule has 0 bridgehead atoms. The topological polar surface area (TPSA) is 35.5 Å². The summed E-state index contributed by atoms with van der Waals surface area (Å²) in [6.45, 7) is 0. The van der Waals surface area contributed by atoms with Gasteiger partial charge in [0.15, 0.2) is 6.10 Å². The number of carbonyl (C=O) groups excluding carboxylic acids is 1. The van der Waals surface area contributed by atoms with Crippen molar-refractivity contribution >= 4 is 5.97 Å². The minimum Gasteiger partial charge on any atom is -0.497 e. The van der Waals surface area contributed by atoms with Crippen LogP contribution in [0.3, 0.4) is 0 Å². The van der Waals surface area contributed by atoms with E-state index in [0.717, 1.165) is 19.3 Å². The van der Waals surface area contributed by atoms with Crippen LogP contribution in [0, 0.1) is 0 Å². The number of esters is 1. The minimum atomic E-state index is -0.299. The quantitative estimate of drug-likeness (QED) is 0.731. The van der Waals surface area contributed by atoms with E-state index >= 15 is 0 Å². The Labute approximate surface area is 101 Å². The number of carbonyl (C=O) groups is 1. The highest BCUT2D eigenvalue weighted by molar-refractivity contribution is 5.85. The molecule has 0 saturated heterocycles. The van der Waals surface area contributed by atoms with Crippen molar-refractivity contribution < 1.29 is 14.3 Å². The summed E-state index contributed by atoms with van der Waals surface area (Å²) >= 11 is 0. The van der Waals surface area contributed by atoms with Crippen LogP contribution < -0.4 is 0 Å². The summed E-state index contributed by atoms with van der Waals surface area (Å²) in [6, 6.07) is 10.3. The van der Waals surface area contributed by atoms with Gasteiger partial charge in [-0.05, 0) is 24.8 Å². The molecule has 1 unspecified atom stereocenters. The molecule has 0 aromatic heterocycles.